The third kappa shape index (κ3) is 5.06. The first-order chi connectivity index (χ1) is 16.2. The first-order valence-corrected chi connectivity index (χ1v) is 11.8. The van der Waals surface area contributed by atoms with E-state index in [-0.39, 0.29) is 22.9 Å². The molecule has 0 aliphatic heterocycles. The van der Waals surface area contributed by atoms with Crippen LogP contribution in [0.1, 0.15) is 54.5 Å². The van der Waals surface area contributed by atoms with E-state index in [1.54, 1.807) is 6.92 Å². The summed E-state index contributed by atoms with van der Waals surface area (Å²) in [5.74, 6) is 0.175. The zero-order chi connectivity index (χ0) is 25.0. The lowest BCUT2D eigenvalue weighted by Gasteiger charge is -2.17. The highest BCUT2D eigenvalue weighted by atomic mass is 32.2. The number of amides is 1. The summed E-state index contributed by atoms with van der Waals surface area (Å²) < 4.78 is 0. The van der Waals surface area contributed by atoms with Crippen molar-refractivity contribution < 1.29 is 4.79 Å². The minimum absolute atomic E-state index is 0.0362. The molecule has 6 nitrogen and oxygen atoms in total. The third-order valence-electron chi connectivity index (χ3n) is 5.80. The molecule has 0 saturated carbocycles. The Hall–Kier alpha value is -3.81. The number of hydrogen-bond donors (Lipinski definition) is 2. The van der Waals surface area contributed by atoms with Crippen molar-refractivity contribution in [1.29, 1.82) is 10.5 Å². The van der Waals surface area contributed by atoms with Gasteiger partial charge in [-0.05, 0) is 55.0 Å². The summed E-state index contributed by atoms with van der Waals surface area (Å²) in [5.41, 5.74) is 11.6. The second-order valence-corrected chi connectivity index (χ2v) is 9.75. The smallest absolute Gasteiger partial charge is 0.237 e. The molecule has 0 bridgehead atoms. The number of benzene rings is 2. The molecule has 3 N–H and O–H groups in total. The van der Waals surface area contributed by atoms with Crippen LogP contribution >= 0.6 is 11.8 Å². The fourth-order valence-corrected chi connectivity index (χ4v) is 4.47. The van der Waals surface area contributed by atoms with E-state index in [0.717, 1.165) is 34.1 Å². The number of hydrogen-bond acceptors (Lipinski definition) is 6. The van der Waals surface area contributed by atoms with Crippen LogP contribution in [-0.4, -0.2) is 16.1 Å². The van der Waals surface area contributed by atoms with Crippen molar-refractivity contribution in [3.63, 3.8) is 0 Å². The second kappa shape index (κ2) is 10.4. The Morgan fingerprint density at radius 2 is 1.68 bits per heavy atom. The number of aromatic nitrogens is 1. The molecule has 1 unspecified atom stereocenters. The first-order valence-electron chi connectivity index (χ1n) is 11.0. The topological polar surface area (TPSA) is 116 Å². The van der Waals surface area contributed by atoms with Crippen LogP contribution in [0.15, 0.2) is 47.5 Å². The van der Waals surface area contributed by atoms with Gasteiger partial charge in [-0.3, -0.25) is 4.79 Å². The number of rotatable bonds is 6. The van der Waals surface area contributed by atoms with Crippen molar-refractivity contribution in [1.82, 2.24) is 4.98 Å². The number of aryl methyl sites for hydroxylation is 1. The third-order valence-corrected chi connectivity index (χ3v) is 6.89. The quantitative estimate of drug-likeness (QED) is 0.432. The molecule has 0 fully saturated rings. The van der Waals surface area contributed by atoms with E-state index in [1.165, 1.54) is 0 Å². The number of nitriles is 2. The molecule has 0 radical (unpaired) electrons. The Labute approximate surface area is 204 Å². The molecule has 1 atom stereocenters. The number of nitrogens with zero attached hydrogens (tertiary/aromatic N) is 3. The summed E-state index contributed by atoms with van der Waals surface area (Å²) in [6.07, 6.45) is 0. The predicted octanol–water partition coefficient (Wildman–Crippen LogP) is 5.93. The van der Waals surface area contributed by atoms with Gasteiger partial charge >= 0.3 is 0 Å². The van der Waals surface area contributed by atoms with Crippen LogP contribution in [0.5, 0.6) is 0 Å². The minimum Gasteiger partial charge on any atom is -0.383 e. The molecule has 7 heteroatoms. The van der Waals surface area contributed by atoms with Gasteiger partial charge in [0.1, 0.15) is 28.5 Å². The number of carbonyl (C=O) groups excluding carboxylic acids is 1. The van der Waals surface area contributed by atoms with Gasteiger partial charge in [0.2, 0.25) is 5.91 Å². The van der Waals surface area contributed by atoms with Crippen LogP contribution in [0, 0.1) is 36.5 Å². The van der Waals surface area contributed by atoms with Crippen molar-refractivity contribution in [3.8, 4) is 23.3 Å². The average Bonchev–Trinajstić information content (AvgIpc) is 2.81. The highest BCUT2D eigenvalue weighted by Crippen LogP contribution is 2.37. The molecule has 172 valence electrons. The van der Waals surface area contributed by atoms with Gasteiger partial charge in [0.05, 0.1) is 10.8 Å². The van der Waals surface area contributed by atoms with Crippen molar-refractivity contribution >= 4 is 29.2 Å². The molecule has 1 amide bonds. The van der Waals surface area contributed by atoms with E-state index in [4.69, 9.17) is 5.73 Å². The lowest BCUT2D eigenvalue weighted by Crippen LogP contribution is -2.23. The summed E-state index contributed by atoms with van der Waals surface area (Å²) in [6.45, 7) is 9.89. The Balaban J connectivity index is 1.99. The van der Waals surface area contributed by atoms with Crippen molar-refractivity contribution in [3.05, 3.63) is 70.3 Å². The van der Waals surface area contributed by atoms with Gasteiger partial charge in [0, 0.05) is 11.3 Å². The van der Waals surface area contributed by atoms with E-state index < -0.39 is 5.25 Å². The van der Waals surface area contributed by atoms with Gasteiger partial charge in [-0.1, -0.05) is 62.0 Å². The SMILES string of the molecule is Cc1cccc(NC(=O)C(C)Sc2nc(N)c(C#N)c(-c3ccc(C(C)C)cc3)c2C#N)c1C. The van der Waals surface area contributed by atoms with E-state index in [9.17, 15) is 15.3 Å². The van der Waals surface area contributed by atoms with E-state index >= 15 is 0 Å². The summed E-state index contributed by atoms with van der Waals surface area (Å²) in [6, 6.07) is 17.7. The normalized spacial score (nSPS) is 11.5. The predicted molar refractivity (Wildman–Crippen MR) is 137 cm³/mol. The highest BCUT2D eigenvalue weighted by molar-refractivity contribution is 8.00. The van der Waals surface area contributed by atoms with E-state index in [0.29, 0.717) is 22.1 Å². The number of nitrogen functional groups attached to an aromatic ring is 1. The number of pyridine rings is 1. The first kappa shape index (κ1) is 24.8. The van der Waals surface area contributed by atoms with Crippen LogP contribution < -0.4 is 11.1 Å². The van der Waals surface area contributed by atoms with Gasteiger partial charge < -0.3 is 11.1 Å². The molecule has 2 aromatic carbocycles. The largest absolute Gasteiger partial charge is 0.383 e. The minimum atomic E-state index is -0.553. The number of thioether (sulfide) groups is 1. The zero-order valence-corrected chi connectivity index (χ0v) is 20.7. The molecule has 34 heavy (non-hydrogen) atoms. The second-order valence-electron chi connectivity index (χ2n) is 8.42. The van der Waals surface area contributed by atoms with Crippen LogP contribution in [0.2, 0.25) is 0 Å². The Bertz CT molecular complexity index is 1320. The number of anilines is 2. The summed E-state index contributed by atoms with van der Waals surface area (Å²) in [5, 5.41) is 22.5. The molecule has 3 rings (SSSR count). The molecular formula is C27H27N5OS. The lowest BCUT2D eigenvalue weighted by atomic mass is 9.94. The maximum absolute atomic E-state index is 12.9. The Kier molecular flexibility index (Phi) is 7.61. The summed E-state index contributed by atoms with van der Waals surface area (Å²) in [4.78, 5) is 17.2. The Morgan fingerprint density at radius 3 is 2.26 bits per heavy atom. The Morgan fingerprint density at radius 1 is 1.03 bits per heavy atom. The monoisotopic (exact) mass is 469 g/mol. The summed E-state index contributed by atoms with van der Waals surface area (Å²) >= 11 is 1.15. The molecule has 3 aromatic rings. The average molecular weight is 470 g/mol. The van der Waals surface area contributed by atoms with Gasteiger partial charge in [0.25, 0.3) is 0 Å². The van der Waals surface area contributed by atoms with Gasteiger partial charge in [-0.2, -0.15) is 10.5 Å². The fourth-order valence-electron chi connectivity index (χ4n) is 3.55. The number of nitrogens with two attached hydrogens (primary N) is 1. The van der Waals surface area contributed by atoms with Crippen molar-refractivity contribution in [2.45, 2.75) is 50.8 Å². The fraction of sp³-hybridized carbons (Fsp3) is 0.259. The van der Waals surface area contributed by atoms with Crippen LogP contribution in [0.25, 0.3) is 11.1 Å². The molecule has 0 aliphatic rings. The van der Waals surface area contributed by atoms with Gasteiger partial charge in [-0.25, -0.2) is 4.98 Å². The molecular weight excluding hydrogens is 442 g/mol. The molecule has 0 aliphatic carbocycles. The van der Waals surface area contributed by atoms with Gasteiger partial charge in [0.15, 0.2) is 0 Å². The highest BCUT2D eigenvalue weighted by Gasteiger charge is 2.24. The molecule has 0 spiro atoms. The molecule has 1 heterocycles. The van der Waals surface area contributed by atoms with E-state index in [1.807, 2.05) is 56.3 Å². The van der Waals surface area contributed by atoms with Crippen molar-refractivity contribution in [2.24, 2.45) is 0 Å². The standard InChI is InChI=1S/C27H27N5OS/c1-15(2)19-9-11-20(12-10-19)24-21(13-28)25(30)32-27(22(24)14-29)34-18(5)26(33)31-23-8-6-7-16(3)17(23)4/h6-12,15,18H,1-5H3,(H2,30,32)(H,31,33). The molecule has 0 saturated heterocycles. The van der Waals surface area contributed by atoms with Crippen molar-refractivity contribution in [2.75, 3.05) is 11.1 Å². The zero-order valence-electron chi connectivity index (χ0n) is 19.9. The van der Waals surface area contributed by atoms with Crippen LogP contribution in [0.4, 0.5) is 11.5 Å². The van der Waals surface area contributed by atoms with Crippen LogP contribution in [0.3, 0.4) is 0 Å². The maximum Gasteiger partial charge on any atom is 0.237 e. The summed E-state index contributed by atoms with van der Waals surface area (Å²) in [7, 11) is 0. The van der Waals surface area contributed by atoms with E-state index in [2.05, 4.69) is 36.3 Å². The number of nitrogens with one attached hydrogen (secondary N) is 1. The van der Waals surface area contributed by atoms with Gasteiger partial charge in [-0.15, -0.1) is 0 Å². The maximum atomic E-state index is 12.9. The van der Waals surface area contributed by atoms with Crippen LogP contribution in [-0.2, 0) is 4.79 Å². The lowest BCUT2D eigenvalue weighted by molar-refractivity contribution is -0.115. The number of carbonyl (C=O) groups is 1. The molecule has 1 aromatic heterocycles.